The molecule has 6 nitrogen and oxygen atoms in total. The van der Waals surface area contributed by atoms with Crippen LogP contribution < -0.4 is 5.32 Å². The van der Waals surface area contributed by atoms with Gasteiger partial charge in [-0.25, -0.2) is 9.59 Å². The monoisotopic (exact) mass is 547 g/mol. The number of rotatable bonds is 6. The predicted molar refractivity (Wildman–Crippen MR) is 126 cm³/mol. The van der Waals surface area contributed by atoms with Crippen LogP contribution in [-0.2, 0) is 9.53 Å². The van der Waals surface area contributed by atoms with Crippen molar-refractivity contribution >= 4 is 60.4 Å². The number of carbonyl (C=O) groups is 2. The number of carboxylic acid groups (broad SMARTS) is 1. The van der Waals surface area contributed by atoms with Gasteiger partial charge in [0.1, 0.15) is 11.9 Å². The Kier molecular flexibility index (Phi) is 7.35. The molecule has 3 rings (SSSR count). The van der Waals surface area contributed by atoms with Crippen LogP contribution in [0.2, 0.25) is 0 Å². The molecule has 0 aliphatic heterocycles. The standard InChI is InChI=1S/C23H19Br2NO5/c1-13(9-10-20(27)28)22(17-11-15(24)12-18(25)21(17)29)31-23(30)26-19-8-4-6-14-5-2-3-7-16(14)19/h2-13,22,29H,1H3,(H,26,30)(H,27,28)/b10-9+/t13-,22-/m0/s1. The van der Waals surface area contributed by atoms with Crippen LogP contribution in [0.25, 0.3) is 10.8 Å². The second-order valence-corrected chi connectivity index (χ2v) is 8.63. The summed E-state index contributed by atoms with van der Waals surface area (Å²) in [5, 5.41) is 24.1. The third kappa shape index (κ3) is 5.65. The van der Waals surface area contributed by atoms with E-state index >= 15 is 0 Å². The normalized spacial score (nSPS) is 13.1. The summed E-state index contributed by atoms with van der Waals surface area (Å²) in [6, 6.07) is 16.4. The van der Waals surface area contributed by atoms with Gasteiger partial charge < -0.3 is 14.9 Å². The highest BCUT2D eigenvalue weighted by Gasteiger charge is 2.27. The van der Waals surface area contributed by atoms with E-state index in [-0.39, 0.29) is 5.75 Å². The van der Waals surface area contributed by atoms with Gasteiger partial charge in [0, 0.05) is 27.4 Å². The number of aromatic hydroxyl groups is 1. The molecule has 0 bridgehead atoms. The predicted octanol–water partition coefficient (Wildman–Crippen LogP) is 6.64. The topological polar surface area (TPSA) is 95.9 Å². The first kappa shape index (κ1) is 22.8. The van der Waals surface area contributed by atoms with E-state index in [1.807, 2.05) is 36.4 Å². The van der Waals surface area contributed by atoms with E-state index in [2.05, 4.69) is 37.2 Å². The quantitative estimate of drug-likeness (QED) is 0.300. The lowest BCUT2D eigenvalue weighted by Crippen LogP contribution is -2.21. The first-order chi connectivity index (χ1) is 14.8. The van der Waals surface area contributed by atoms with Gasteiger partial charge in [0.05, 0.1) is 10.2 Å². The van der Waals surface area contributed by atoms with Crippen molar-refractivity contribution in [2.45, 2.75) is 13.0 Å². The maximum absolute atomic E-state index is 12.8. The van der Waals surface area contributed by atoms with E-state index in [1.54, 1.807) is 25.1 Å². The summed E-state index contributed by atoms with van der Waals surface area (Å²) in [6.45, 7) is 1.70. The molecule has 31 heavy (non-hydrogen) atoms. The molecule has 0 aliphatic carbocycles. The summed E-state index contributed by atoms with van der Waals surface area (Å²) in [6.07, 6.45) is 0.715. The number of anilines is 1. The number of aliphatic carboxylic acids is 1. The van der Waals surface area contributed by atoms with Crippen LogP contribution in [0.15, 0.2) is 75.7 Å². The number of hydrogen-bond donors (Lipinski definition) is 3. The minimum atomic E-state index is -1.12. The number of phenols is 1. The zero-order chi connectivity index (χ0) is 22.5. The third-order valence-corrected chi connectivity index (χ3v) is 5.71. The van der Waals surface area contributed by atoms with Gasteiger partial charge in [-0.2, -0.15) is 0 Å². The Morgan fingerprint density at radius 1 is 1.10 bits per heavy atom. The number of benzene rings is 3. The minimum Gasteiger partial charge on any atom is -0.506 e. The van der Waals surface area contributed by atoms with Crippen LogP contribution >= 0.6 is 31.9 Å². The molecule has 3 N–H and O–H groups in total. The molecule has 160 valence electrons. The van der Waals surface area contributed by atoms with Crippen molar-refractivity contribution in [2.24, 2.45) is 5.92 Å². The van der Waals surface area contributed by atoms with Crippen molar-refractivity contribution in [3.8, 4) is 5.75 Å². The molecule has 0 saturated carbocycles. The molecule has 0 aromatic heterocycles. The number of ether oxygens (including phenoxy) is 1. The van der Waals surface area contributed by atoms with E-state index in [0.717, 1.165) is 16.8 Å². The van der Waals surface area contributed by atoms with Gasteiger partial charge in [-0.05, 0) is 39.5 Å². The maximum atomic E-state index is 12.8. The maximum Gasteiger partial charge on any atom is 0.412 e. The van der Waals surface area contributed by atoms with Crippen LogP contribution in [0.3, 0.4) is 0 Å². The first-order valence-corrected chi connectivity index (χ1v) is 10.9. The fourth-order valence-electron chi connectivity index (χ4n) is 3.18. The molecule has 0 unspecified atom stereocenters. The molecule has 0 spiro atoms. The Morgan fingerprint density at radius 2 is 1.81 bits per heavy atom. The van der Waals surface area contributed by atoms with Crippen molar-refractivity contribution in [3.05, 3.63) is 81.3 Å². The summed E-state index contributed by atoms with van der Waals surface area (Å²) in [5.41, 5.74) is 0.909. The number of carbonyl (C=O) groups excluding carboxylic acids is 1. The number of nitrogens with one attached hydrogen (secondary N) is 1. The van der Waals surface area contributed by atoms with Crippen molar-refractivity contribution in [1.29, 1.82) is 0 Å². The van der Waals surface area contributed by atoms with Crippen LogP contribution in [0.1, 0.15) is 18.6 Å². The second-order valence-electron chi connectivity index (χ2n) is 6.86. The smallest absolute Gasteiger partial charge is 0.412 e. The van der Waals surface area contributed by atoms with Crippen LogP contribution in [0.4, 0.5) is 10.5 Å². The zero-order valence-electron chi connectivity index (χ0n) is 16.4. The second kappa shape index (κ2) is 9.98. The van der Waals surface area contributed by atoms with Gasteiger partial charge in [0.25, 0.3) is 0 Å². The summed E-state index contributed by atoms with van der Waals surface area (Å²) in [4.78, 5) is 23.7. The minimum absolute atomic E-state index is 0.0956. The largest absolute Gasteiger partial charge is 0.506 e. The molecular formula is C23H19Br2NO5. The van der Waals surface area contributed by atoms with Gasteiger partial charge >= 0.3 is 12.1 Å². The number of carboxylic acids is 1. The van der Waals surface area contributed by atoms with Crippen molar-refractivity contribution < 1.29 is 24.5 Å². The van der Waals surface area contributed by atoms with Crippen LogP contribution in [0, 0.1) is 5.92 Å². The van der Waals surface area contributed by atoms with E-state index in [9.17, 15) is 14.7 Å². The average Bonchev–Trinajstić information content (AvgIpc) is 2.73. The fraction of sp³-hybridized carbons (Fsp3) is 0.130. The number of hydrogen-bond acceptors (Lipinski definition) is 4. The third-order valence-electron chi connectivity index (χ3n) is 4.64. The number of amides is 1. The van der Waals surface area contributed by atoms with Crippen LogP contribution in [0.5, 0.6) is 5.75 Å². The molecule has 1 amide bonds. The molecule has 3 aromatic carbocycles. The summed E-state index contributed by atoms with van der Waals surface area (Å²) in [5.74, 6) is -1.76. The van der Waals surface area contributed by atoms with Gasteiger partial charge in [0.2, 0.25) is 0 Å². The average molecular weight is 549 g/mol. The van der Waals surface area contributed by atoms with Crippen LogP contribution in [-0.4, -0.2) is 22.3 Å². The number of fused-ring (bicyclic) bond motifs is 1. The lowest BCUT2D eigenvalue weighted by molar-refractivity contribution is -0.131. The molecule has 0 fully saturated rings. The van der Waals surface area contributed by atoms with E-state index in [4.69, 9.17) is 9.84 Å². The Bertz CT molecular complexity index is 1160. The summed E-state index contributed by atoms with van der Waals surface area (Å²) < 4.78 is 6.75. The SMILES string of the molecule is C[C@@H](/C=C/C(=O)O)[C@H](OC(=O)Nc1cccc2ccccc12)c1cc(Br)cc(Br)c1O. The molecule has 0 aliphatic rings. The Morgan fingerprint density at radius 3 is 2.55 bits per heavy atom. The highest BCUT2D eigenvalue weighted by atomic mass is 79.9. The van der Waals surface area contributed by atoms with E-state index in [1.165, 1.54) is 6.08 Å². The molecule has 3 aromatic rings. The lowest BCUT2D eigenvalue weighted by Gasteiger charge is -2.24. The Balaban J connectivity index is 1.92. The number of phenolic OH excluding ortho intramolecular Hbond substituents is 1. The highest BCUT2D eigenvalue weighted by molar-refractivity contribution is 9.11. The Hall–Kier alpha value is -2.84. The van der Waals surface area contributed by atoms with Crippen molar-refractivity contribution in [1.82, 2.24) is 0 Å². The van der Waals surface area contributed by atoms with Gasteiger partial charge in [-0.1, -0.05) is 65.3 Å². The molecule has 0 radical (unpaired) electrons. The highest BCUT2D eigenvalue weighted by Crippen LogP contribution is 2.40. The molecule has 0 heterocycles. The zero-order valence-corrected chi connectivity index (χ0v) is 19.6. The van der Waals surface area contributed by atoms with Crippen molar-refractivity contribution in [2.75, 3.05) is 5.32 Å². The molecular weight excluding hydrogens is 530 g/mol. The number of halogens is 2. The van der Waals surface area contributed by atoms with Crippen molar-refractivity contribution in [3.63, 3.8) is 0 Å². The van der Waals surface area contributed by atoms with Gasteiger partial charge in [0.15, 0.2) is 0 Å². The molecule has 0 saturated heterocycles. The summed E-state index contributed by atoms with van der Waals surface area (Å²) >= 11 is 6.64. The van der Waals surface area contributed by atoms with Gasteiger partial charge in [-0.3, -0.25) is 5.32 Å². The lowest BCUT2D eigenvalue weighted by atomic mass is 9.96. The Labute approximate surface area is 195 Å². The van der Waals surface area contributed by atoms with Gasteiger partial charge in [-0.15, -0.1) is 0 Å². The van der Waals surface area contributed by atoms with E-state index < -0.39 is 24.1 Å². The summed E-state index contributed by atoms with van der Waals surface area (Å²) in [7, 11) is 0. The molecule has 2 atom stereocenters. The van der Waals surface area contributed by atoms with E-state index in [0.29, 0.717) is 20.2 Å². The first-order valence-electron chi connectivity index (χ1n) is 9.30. The molecule has 8 heteroatoms. The fourth-order valence-corrected chi connectivity index (χ4v) is 4.44.